The highest BCUT2D eigenvalue weighted by atomic mass is 35.5. The summed E-state index contributed by atoms with van der Waals surface area (Å²) < 4.78 is 2.02. The van der Waals surface area contributed by atoms with E-state index in [1.807, 2.05) is 24.0 Å². The Balaban J connectivity index is 0.00000144. The van der Waals surface area contributed by atoms with Crippen LogP contribution >= 0.6 is 11.6 Å². The molecular weight excluding hydrogens is 207 g/mol. The summed E-state index contributed by atoms with van der Waals surface area (Å²) in [6.07, 6.45) is 3.87. The third-order valence-electron chi connectivity index (χ3n) is 1.91. The molecule has 1 atom stereocenters. The molecule has 0 aliphatic carbocycles. The molecule has 4 heteroatoms. The first-order valence-corrected chi connectivity index (χ1v) is 4.53. The van der Waals surface area contributed by atoms with Gasteiger partial charge in [0.1, 0.15) is 17.8 Å². The first-order valence-electron chi connectivity index (χ1n) is 4.10. The Bertz CT molecular complexity index is 263. The smallest absolute Gasteiger partial charge is 0.272 e. The summed E-state index contributed by atoms with van der Waals surface area (Å²) in [4.78, 5) is 3.14. The number of rotatable bonds is 1. The fourth-order valence-corrected chi connectivity index (χ4v) is 1.30. The molecular formula is C9H16Cl2N2. The molecule has 0 aliphatic rings. The molecule has 0 fully saturated rings. The molecule has 1 unspecified atom stereocenters. The van der Waals surface area contributed by atoms with Gasteiger partial charge in [0.25, 0.3) is 5.82 Å². The lowest BCUT2D eigenvalue weighted by Gasteiger charge is -2.21. The van der Waals surface area contributed by atoms with E-state index in [0.29, 0.717) is 0 Å². The second kappa shape index (κ2) is 4.34. The summed E-state index contributed by atoms with van der Waals surface area (Å²) >= 11 is 6.28. The molecule has 1 aromatic heterocycles. The Morgan fingerprint density at radius 3 is 2.31 bits per heavy atom. The van der Waals surface area contributed by atoms with Gasteiger partial charge in [-0.05, 0) is 5.41 Å². The van der Waals surface area contributed by atoms with Crippen LogP contribution in [0.1, 0.15) is 32.0 Å². The van der Waals surface area contributed by atoms with Crippen molar-refractivity contribution in [1.29, 1.82) is 0 Å². The summed E-state index contributed by atoms with van der Waals surface area (Å²) in [6, 6.07) is 0. The van der Waals surface area contributed by atoms with E-state index in [1.54, 1.807) is 0 Å². The van der Waals surface area contributed by atoms with Crippen LogP contribution in [0.3, 0.4) is 0 Å². The van der Waals surface area contributed by atoms with Gasteiger partial charge in [0.2, 0.25) is 0 Å². The van der Waals surface area contributed by atoms with Crippen molar-refractivity contribution in [2.45, 2.75) is 26.1 Å². The number of imidazole rings is 1. The van der Waals surface area contributed by atoms with E-state index in [2.05, 4.69) is 25.8 Å². The van der Waals surface area contributed by atoms with E-state index in [-0.39, 0.29) is 23.2 Å². The van der Waals surface area contributed by atoms with Gasteiger partial charge >= 0.3 is 0 Å². The quantitative estimate of drug-likeness (QED) is 0.473. The maximum Gasteiger partial charge on any atom is 0.272 e. The first kappa shape index (κ1) is 12.8. The van der Waals surface area contributed by atoms with Crippen molar-refractivity contribution in [2.75, 3.05) is 0 Å². The molecule has 0 spiro atoms. The number of aromatic amines is 1. The van der Waals surface area contributed by atoms with E-state index in [9.17, 15) is 0 Å². The first-order chi connectivity index (χ1) is 5.43. The Kier molecular flexibility index (Phi) is 4.27. The maximum atomic E-state index is 6.28. The van der Waals surface area contributed by atoms with E-state index in [4.69, 9.17) is 11.6 Å². The summed E-state index contributed by atoms with van der Waals surface area (Å²) in [5, 5.41) is 0.0255. The van der Waals surface area contributed by atoms with Gasteiger partial charge in [-0.2, -0.15) is 0 Å². The lowest BCUT2D eigenvalue weighted by Crippen LogP contribution is -3.00. The minimum absolute atomic E-state index is 0. The van der Waals surface area contributed by atoms with Gasteiger partial charge in [-0.15, -0.1) is 11.6 Å². The number of nitrogens with zero attached hydrogens (tertiary/aromatic N) is 1. The van der Waals surface area contributed by atoms with E-state index in [1.165, 1.54) is 0 Å². The molecule has 0 bridgehead atoms. The minimum atomic E-state index is 0. The van der Waals surface area contributed by atoms with Crippen LogP contribution in [0.25, 0.3) is 0 Å². The standard InChI is InChI=1S/C9H15ClN2.ClH/c1-9(2,3)7(10)8-11-5-6-12(8)4;/h5-7H,1-4H3;1H. The van der Waals surface area contributed by atoms with Crippen LogP contribution in [0, 0.1) is 5.41 Å². The molecule has 1 N–H and O–H groups in total. The van der Waals surface area contributed by atoms with Crippen LogP contribution < -0.4 is 17.0 Å². The fourth-order valence-electron chi connectivity index (χ4n) is 1.08. The lowest BCUT2D eigenvalue weighted by atomic mass is 9.91. The third-order valence-corrected chi connectivity index (χ3v) is 2.77. The molecule has 76 valence electrons. The summed E-state index contributed by atoms with van der Waals surface area (Å²) in [5.41, 5.74) is 0.0875. The molecule has 1 aromatic rings. The van der Waals surface area contributed by atoms with Crippen LogP contribution in [0.5, 0.6) is 0 Å². The van der Waals surface area contributed by atoms with Gasteiger partial charge < -0.3 is 12.4 Å². The predicted octanol–water partition coefficient (Wildman–Crippen LogP) is -0.831. The van der Waals surface area contributed by atoms with E-state index in [0.717, 1.165) is 5.82 Å². The molecule has 1 rings (SSSR count). The molecule has 13 heavy (non-hydrogen) atoms. The fraction of sp³-hybridized carbons (Fsp3) is 0.667. The van der Waals surface area contributed by atoms with Crippen molar-refractivity contribution in [3.63, 3.8) is 0 Å². The van der Waals surface area contributed by atoms with Crippen molar-refractivity contribution in [3.05, 3.63) is 18.2 Å². The number of aromatic nitrogens is 2. The number of halogens is 2. The normalized spacial score (nSPS) is 13.6. The van der Waals surface area contributed by atoms with E-state index >= 15 is 0 Å². The Morgan fingerprint density at radius 2 is 2.00 bits per heavy atom. The largest absolute Gasteiger partial charge is 1.00 e. The number of nitrogens with one attached hydrogen (secondary N) is 1. The molecule has 0 saturated heterocycles. The highest BCUT2D eigenvalue weighted by Gasteiger charge is 2.30. The monoisotopic (exact) mass is 222 g/mol. The van der Waals surface area contributed by atoms with Crippen LogP contribution in [0.2, 0.25) is 0 Å². The van der Waals surface area contributed by atoms with E-state index < -0.39 is 0 Å². The van der Waals surface area contributed by atoms with Gasteiger partial charge in [-0.1, -0.05) is 20.8 Å². The average Bonchev–Trinajstić information content (AvgIpc) is 2.31. The van der Waals surface area contributed by atoms with Gasteiger partial charge in [-0.25, -0.2) is 9.55 Å². The van der Waals surface area contributed by atoms with Crippen LogP contribution in [0.4, 0.5) is 0 Å². The molecule has 0 radical (unpaired) electrons. The van der Waals surface area contributed by atoms with Crippen molar-refractivity contribution >= 4 is 11.6 Å². The second-order valence-corrected chi connectivity index (χ2v) is 4.62. The SMILES string of the molecule is C[n+]1cc[nH]c1C(Cl)C(C)(C)C.[Cl-]. The van der Waals surface area contributed by atoms with Gasteiger partial charge in [-0.3, -0.25) is 0 Å². The topological polar surface area (TPSA) is 19.7 Å². The predicted molar refractivity (Wildman–Crippen MR) is 50.0 cm³/mol. The summed E-state index contributed by atoms with van der Waals surface area (Å²) in [5.74, 6) is 1.06. The zero-order chi connectivity index (χ0) is 9.35. The molecule has 0 aromatic carbocycles. The zero-order valence-corrected chi connectivity index (χ0v) is 9.95. The summed E-state index contributed by atoms with van der Waals surface area (Å²) in [6.45, 7) is 6.39. The highest BCUT2D eigenvalue weighted by Crippen LogP contribution is 2.35. The van der Waals surface area contributed by atoms with Crippen LogP contribution in [0.15, 0.2) is 12.4 Å². The van der Waals surface area contributed by atoms with Gasteiger partial charge in [0.15, 0.2) is 0 Å². The Labute approximate surface area is 90.7 Å². The van der Waals surface area contributed by atoms with Crippen LogP contribution in [-0.2, 0) is 7.05 Å². The number of aryl methyl sites for hydroxylation is 1. The van der Waals surface area contributed by atoms with Crippen LogP contribution in [-0.4, -0.2) is 4.98 Å². The molecule has 0 amide bonds. The van der Waals surface area contributed by atoms with Gasteiger partial charge in [0.05, 0.1) is 7.05 Å². The lowest BCUT2D eigenvalue weighted by molar-refractivity contribution is -0.678. The molecule has 2 nitrogen and oxygen atoms in total. The number of H-pyrrole nitrogens is 1. The Morgan fingerprint density at radius 1 is 1.46 bits per heavy atom. The van der Waals surface area contributed by atoms with Crippen molar-refractivity contribution in [2.24, 2.45) is 12.5 Å². The van der Waals surface area contributed by atoms with Crippen molar-refractivity contribution in [1.82, 2.24) is 4.98 Å². The number of hydrogen-bond donors (Lipinski definition) is 1. The zero-order valence-electron chi connectivity index (χ0n) is 8.44. The highest BCUT2D eigenvalue weighted by molar-refractivity contribution is 6.20. The minimum Gasteiger partial charge on any atom is -1.00 e. The summed E-state index contributed by atoms with van der Waals surface area (Å²) in [7, 11) is 1.99. The molecule has 0 aliphatic heterocycles. The molecule has 0 saturated carbocycles. The average molecular weight is 223 g/mol. The van der Waals surface area contributed by atoms with Crippen molar-refractivity contribution in [3.8, 4) is 0 Å². The van der Waals surface area contributed by atoms with Crippen molar-refractivity contribution < 1.29 is 17.0 Å². The molecule has 1 heterocycles. The number of hydrogen-bond acceptors (Lipinski definition) is 0. The maximum absolute atomic E-state index is 6.28. The Hall–Kier alpha value is -0.210. The number of alkyl halides is 1. The third kappa shape index (κ3) is 2.89. The second-order valence-electron chi connectivity index (χ2n) is 4.18. The van der Waals surface area contributed by atoms with Gasteiger partial charge in [0, 0.05) is 0 Å².